The maximum atomic E-state index is 13.5. The van der Waals surface area contributed by atoms with Gasteiger partial charge < -0.3 is 9.30 Å². The van der Waals surface area contributed by atoms with E-state index < -0.39 is 0 Å². The number of ether oxygens (including phenoxy) is 1. The summed E-state index contributed by atoms with van der Waals surface area (Å²) >= 11 is 1.49. The molecule has 0 amide bonds. The Morgan fingerprint density at radius 2 is 2.04 bits per heavy atom. The summed E-state index contributed by atoms with van der Waals surface area (Å²) < 4.78 is 20.6. The molecule has 25 heavy (non-hydrogen) atoms. The second-order valence-electron chi connectivity index (χ2n) is 5.78. The van der Waals surface area contributed by atoms with E-state index in [1.54, 1.807) is 19.1 Å². The van der Waals surface area contributed by atoms with Crippen LogP contribution in [0, 0.1) is 5.82 Å². The van der Waals surface area contributed by atoms with Crippen LogP contribution in [0.4, 0.5) is 4.39 Å². The van der Waals surface area contributed by atoms with Crippen LogP contribution in [0.25, 0.3) is 10.9 Å². The lowest BCUT2D eigenvalue weighted by atomic mass is 10.2. The fourth-order valence-corrected chi connectivity index (χ4v) is 3.80. The van der Waals surface area contributed by atoms with Gasteiger partial charge in [0.15, 0.2) is 0 Å². The van der Waals surface area contributed by atoms with Crippen molar-refractivity contribution in [2.24, 2.45) is 0 Å². The van der Waals surface area contributed by atoms with E-state index in [4.69, 9.17) is 4.74 Å². The zero-order valence-electron chi connectivity index (χ0n) is 14.2. The third kappa shape index (κ3) is 4.04. The van der Waals surface area contributed by atoms with Gasteiger partial charge in [-0.1, -0.05) is 30.3 Å². The van der Waals surface area contributed by atoms with E-state index in [2.05, 4.69) is 4.57 Å². The second-order valence-corrected chi connectivity index (χ2v) is 7.16. The lowest BCUT2D eigenvalue weighted by Crippen LogP contribution is -2.16. The van der Waals surface area contributed by atoms with E-state index in [1.807, 2.05) is 43.5 Å². The van der Waals surface area contributed by atoms with Crippen molar-refractivity contribution >= 4 is 28.6 Å². The van der Waals surface area contributed by atoms with Gasteiger partial charge in [-0.3, -0.25) is 4.79 Å². The highest BCUT2D eigenvalue weighted by atomic mass is 32.2. The Balaban J connectivity index is 1.91. The van der Waals surface area contributed by atoms with E-state index >= 15 is 0 Å². The largest absolute Gasteiger partial charge is 0.465 e. The Bertz CT molecular complexity index is 890. The second kappa shape index (κ2) is 7.74. The van der Waals surface area contributed by atoms with Gasteiger partial charge in [0.1, 0.15) is 11.1 Å². The van der Waals surface area contributed by atoms with E-state index in [1.165, 1.54) is 17.8 Å². The summed E-state index contributed by atoms with van der Waals surface area (Å²) in [5, 5.41) is 0.799. The maximum Gasteiger partial charge on any atom is 0.319 e. The smallest absolute Gasteiger partial charge is 0.319 e. The monoisotopic (exact) mass is 357 g/mol. The fraction of sp³-hybridized carbons (Fsp3) is 0.250. The minimum absolute atomic E-state index is 0.213. The molecule has 3 aromatic rings. The van der Waals surface area contributed by atoms with Crippen molar-refractivity contribution in [2.45, 2.75) is 30.5 Å². The van der Waals surface area contributed by atoms with Gasteiger partial charge in [0.2, 0.25) is 0 Å². The molecule has 3 nitrogen and oxygen atoms in total. The summed E-state index contributed by atoms with van der Waals surface area (Å²) in [6.07, 6.45) is 2.02. The summed E-state index contributed by atoms with van der Waals surface area (Å²) in [6, 6.07) is 14.6. The molecule has 2 aromatic carbocycles. The molecule has 0 aliphatic carbocycles. The Morgan fingerprint density at radius 1 is 1.24 bits per heavy atom. The van der Waals surface area contributed by atoms with Crippen LogP contribution >= 0.6 is 11.8 Å². The minimum atomic E-state index is -0.284. The first-order valence-electron chi connectivity index (χ1n) is 8.24. The molecular weight excluding hydrogens is 337 g/mol. The zero-order chi connectivity index (χ0) is 17.8. The summed E-state index contributed by atoms with van der Waals surface area (Å²) in [6.45, 7) is 4.61. The van der Waals surface area contributed by atoms with Crippen molar-refractivity contribution in [2.75, 3.05) is 6.61 Å². The van der Waals surface area contributed by atoms with Gasteiger partial charge in [0, 0.05) is 28.5 Å². The van der Waals surface area contributed by atoms with Crippen LogP contribution in [-0.2, 0) is 16.1 Å². The van der Waals surface area contributed by atoms with Gasteiger partial charge in [-0.15, -0.1) is 11.8 Å². The molecule has 1 atom stereocenters. The van der Waals surface area contributed by atoms with Gasteiger partial charge in [-0.25, -0.2) is 4.39 Å². The number of para-hydroxylation sites is 1. The number of thioether (sulfide) groups is 1. The molecule has 3 rings (SSSR count). The number of halogens is 1. The van der Waals surface area contributed by atoms with Gasteiger partial charge in [-0.2, -0.15) is 0 Å². The standard InChI is InChI=1S/C20H20FNO2S/c1-3-24-20(23)14(2)25-19-13-22(18-10-5-4-9-17(18)19)12-15-7-6-8-16(21)11-15/h4-11,13-14H,3,12H2,1-2H3. The van der Waals surface area contributed by atoms with Crippen LogP contribution in [0.15, 0.2) is 59.6 Å². The number of nitrogens with zero attached hydrogens (tertiary/aromatic N) is 1. The number of benzene rings is 2. The molecule has 0 saturated carbocycles. The number of hydrogen-bond acceptors (Lipinski definition) is 3. The highest BCUT2D eigenvalue weighted by Crippen LogP contribution is 2.33. The number of carbonyl (C=O) groups excluding carboxylic acids is 1. The SMILES string of the molecule is CCOC(=O)C(C)Sc1cn(Cc2cccc(F)c2)c2ccccc12. The lowest BCUT2D eigenvalue weighted by molar-refractivity contribution is -0.142. The van der Waals surface area contributed by atoms with E-state index in [0.29, 0.717) is 13.2 Å². The summed E-state index contributed by atoms with van der Waals surface area (Å²) in [5.41, 5.74) is 1.96. The first kappa shape index (κ1) is 17.5. The quantitative estimate of drug-likeness (QED) is 0.466. The molecule has 0 saturated heterocycles. The molecule has 0 fully saturated rings. The number of hydrogen-bond donors (Lipinski definition) is 0. The molecule has 1 heterocycles. The molecule has 0 bridgehead atoms. The number of aromatic nitrogens is 1. The third-order valence-corrected chi connectivity index (χ3v) is 5.04. The van der Waals surface area contributed by atoms with Crippen molar-refractivity contribution in [3.63, 3.8) is 0 Å². The Kier molecular flexibility index (Phi) is 5.43. The fourth-order valence-electron chi connectivity index (χ4n) is 2.77. The van der Waals surface area contributed by atoms with Crippen LogP contribution in [-0.4, -0.2) is 22.4 Å². The van der Waals surface area contributed by atoms with Crippen LogP contribution < -0.4 is 0 Å². The molecular formula is C20H20FNO2S. The molecule has 0 radical (unpaired) electrons. The van der Waals surface area contributed by atoms with Gasteiger partial charge in [0.25, 0.3) is 0 Å². The average Bonchev–Trinajstić information content (AvgIpc) is 2.93. The molecule has 0 N–H and O–H groups in total. The Hall–Kier alpha value is -2.27. The van der Waals surface area contributed by atoms with Gasteiger partial charge >= 0.3 is 5.97 Å². The number of fused-ring (bicyclic) bond motifs is 1. The van der Waals surface area contributed by atoms with Crippen LogP contribution in [0.5, 0.6) is 0 Å². The van der Waals surface area contributed by atoms with Crippen LogP contribution in [0.2, 0.25) is 0 Å². The number of rotatable bonds is 6. The van der Waals surface area contributed by atoms with Gasteiger partial charge in [-0.05, 0) is 37.6 Å². The Morgan fingerprint density at radius 3 is 2.80 bits per heavy atom. The number of carbonyl (C=O) groups is 1. The number of esters is 1. The predicted octanol–water partition coefficient (Wildman–Crippen LogP) is 4.87. The molecule has 5 heteroatoms. The van der Waals surface area contributed by atoms with Crippen molar-refractivity contribution in [3.8, 4) is 0 Å². The first-order chi connectivity index (χ1) is 12.1. The molecule has 130 valence electrons. The van der Waals surface area contributed by atoms with E-state index in [9.17, 15) is 9.18 Å². The maximum absolute atomic E-state index is 13.5. The van der Waals surface area contributed by atoms with Crippen molar-refractivity contribution in [1.29, 1.82) is 0 Å². The highest BCUT2D eigenvalue weighted by molar-refractivity contribution is 8.00. The minimum Gasteiger partial charge on any atom is -0.465 e. The summed E-state index contributed by atoms with van der Waals surface area (Å²) in [5.74, 6) is -0.450. The van der Waals surface area contributed by atoms with E-state index in [0.717, 1.165) is 21.4 Å². The van der Waals surface area contributed by atoms with Crippen LogP contribution in [0.3, 0.4) is 0 Å². The average molecular weight is 357 g/mol. The zero-order valence-corrected chi connectivity index (χ0v) is 15.1. The molecule has 0 aliphatic heterocycles. The van der Waals surface area contributed by atoms with Crippen LogP contribution in [0.1, 0.15) is 19.4 Å². The lowest BCUT2D eigenvalue weighted by Gasteiger charge is -2.09. The highest BCUT2D eigenvalue weighted by Gasteiger charge is 2.18. The third-order valence-electron chi connectivity index (χ3n) is 3.92. The molecule has 0 aliphatic rings. The Labute approximate surface area is 150 Å². The van der Waals surface area contributed by atoms with Crippen molar-refractivity contribution in [1.82, 2.24) is 4.57 Å². The first-order valence-corrected chi connectivity index (χ1v) is 9.12. The molecule has 0 spiro atoms. The van der Waals surface area contributed by atoms with E-state index in [-0.39, 0.29) is 17.0 Å². The topological polar surface area (TPSA) is 31.2 Å². The molecule has 1 aromatic heterocycles. The summed E-state index contributed by atoms with van der Waals surface area (Å²) in [7, 11) is 0. The van der Waals surface area contributed by atoms with Crippen molar-refractivity contribution in [3.05, 3.63) is 66.1 Å². The predicted molar refractivity (Wildman–Crippen MR) is 99.4 cm³/mol. The normalized spacial score (nSPS) is 12.3. The summed E-state index contributed by atoms with van der Waals surface area (Å²) in [4.78, 5) is 12.9. The van der Waals surface area contributed by atoms with Crippen molar-refractivity contribution < 1.29 is 13.9 Å². The van der Waals surface area contributed by atoms with Gasteiger partial charge in [0.05, 0.1) is 6.61 Å². The molecule has 1 unspecified atom stereocenters.